The van der Waals surface area contributed by atoms with Gasteiger partial charge in [-0.05, 0) is 50.4 Å². The van der Waals surface area contributed by atoms with Gasteiger partial charge in [-0.1, -0.05) is 12.1 Å². The van der Waals surface area contributed by atoms with Crippen LogP contribution in [0.3, 0.4) is 0 Å². The second-order valence-electron chi connectivity index (χ2n) is 7.53. The van der Waals surface area contributed by atoms with Gasteiger partial charge in [-0.3, -0.25) is 24.0 Å². The van der Waals surface area contributed by atoms with Crippen molar-refractivity contribution >= 4 is 22.8 Å². The van der Waals surface area contributed by atoms with E-state index in [4.69, 9.17) is 4.74 Å². The summed E-state index contributed by atoms with van der Waals surface area (Å²) in [6.45, 7) is 2.58. The van der Waals surface area contributed by atoms with Crippen LogP contribution in [0.15, 0.2) is 23.0 Å². The molecule has 0 saturated carbocycles. The van der Waals surface area contributed by atoms with Crippen LogP contribution in [0.25, 0.3) is 11.0 Å². The Morgan fingerprint density at radius 2 is 1.93 bits per heavy atom. The second-order valence-corrected chi connectivity index (χ2v) is 7.53. The molecule has 2 N–H and O–H groups in total. The molecule has 3 heterocycles. The number of aryl methyl sites for hydroxylation is 1. The summed E-state index contributed by atoms with van der Waals surface area (Å²) in [5, 5.41) is 5.67. The van der Waals surface area contributed by atoms with Gasteiger partial charge in [-0.2, -0.15) is 0 Å². The number of nitrogens with one attached hydrogen (secondary N) is 2. The Kier molecular flexibility index (Phi) is 5.32. The highest BCUT2D eigenvalue weighted by atomic mass is 16.5. The van der Waals surface area contributed by atoms with E-state index in [2.05, 4.69) is 10.6 Å². The number of fused-ring (bicyclic) bond motifs is 1. The van der Waals surface area contributed by atoms with Crippen molar-refractivity contribution in [2.24, 2.45) is 7.05 Å². The van der Waals surface area contributed by atoms with E-state index in [9.17, 15) is 14.4 Å². The highest BCUT2D eigenvalue weighted by Gasteiger charge is 2.31. The number of nitrogens with zero attached hydrogens (tertiary/aromatic N) is 2. The third kappa shape index (κ3) is 3.49. The van der Waals surface area contributed by atoms with E-state index in [1.807, 2.05) is 18.2 Å². The normalized spacial score (nSPS) is 21.2. The fourth-order valence-electron chi connectivity index (χ4n) is 4.25. The minimum absolute atomic E-state index is 0.239. The molecule has 2 aliphatic heterocycles. The monoisotopic (exact) mass is 386 g/mol. The first-order chi connectivity index (χ1) is 13.6. The number of amides is 2. The molecule has 2 aliphatic rings. The van der Waals surface area contributed by atoms with Crippen LogP contribution in [-0.4, -0.2) is 46.7 Å². The van der Waals surface area contributed by atoms with Crippen molar-refractivity contribution in [1.82, 2.24) is 19.8 Å². The average molecular weight is 386 g/mol. The molecule has 8 heteroatoms. The third-order valence-corrected chi connectivity index (χ3v) is 5.72. The minimum Gasteiger partial charge on any atom is -0.378 e. The zero-order chi connectivity index (χ0) is 19.7. The molecule has 2 saturated heterocycles. The van der Waals surface area contributed by atoms with Crippen LogP contribution >= 0.6 is 0 Å². The lowest BCUT2D eigenvalue weighted by Gasteiger charge is -2.23. The van der Waals surface area contributed by atoms with Crippen LogP contribution < -0.4 is 16.3 Å². The van der Waals surface area contributed by atoms with Crippen LogP contribution in [0.5, 0.6) is 0 Å². The highest BCUT2D eigenvalue weighted by Crippen LogP contribution is 2.25. The van der Waals surface area contributed by atoms with Crippen molar-refractivity contribution in [2.45, 2.75) is 44.2 Å². The average Bonchev–Trinajstić information content (AvgIpc) is 2.94. The molecule has 150 valence electrons. The van der Waals surface area contributed by atoms with E-state index >= 15 is 0 Å². The first kappa shape index (κ1) is 18.9. The number of imide groups is 1. The standard InChI is InChI=1S/C20H26N4O4/c1-23-18-13(9-12-28-14-7-10-21-11-8-14)3-2-4-15(18)24(20(23)27)16-5-6-17(25)22-19(16)26/h2-4,14,16,21H,5-12H2,1H3,(H,22,25,26). The quantitative estimate of drug-likeness (QED) is 0.735. The van der Waals surface area contributed by atoms with Gasteiger partial charge in [0.1, 0.15) is 6.04 Å². The van der Waals surface area contributed by atoms with Crippen LogP contribution in [0.1, 0.15) is 37.3 Å². The molecule has 28 heavy (non-hydrogen) atoms. The second kappa shape index (κ2) is 7.89. The fraction of sp³-hybridized carbons (Fsp3) is 0.550. The maximum absolute atomic E-state index is 12.9. The number of ether oxygens (including phenoxy) is 1. The van der Waals surface area contributed by atoms with E-state index in [-0.39, 0.29) is 24.1 Å². The lowest BCUT2D eigenvalue weighted by Crippen LogP contribution is -2.44. The topological polar surface area (TPSA) is 94.4 Å². The van der Waals surface area contributed by atoms with Gasteiger partial charge in [0, 0.05) is 13.5 Å². The van der Waals surface area contributed by atoms with Crippen molar-refractivity contribution in [3.05, 3.63) is 34.2 Å². The summed E-state index contributed by atoms with van der Waals surface area (Å²) in [7, 11) is 1.73. The van der Waals surface area contributed by atoms with Crippen molar-refractivity contribution in [1.29, 1.82) is 0 Å². The van der Waals surface area contributed by atoms with Gasteiger partial charge in [-0.25, -0.2) is 4.79 Å². The van der Waals surface area contributed by atoms with Gasteiger partial charge in [-0.15, -0.1) is 0 Å². The van der Waals surface area contributed by atoms with Gasteiger partial charge >= 0.3 is 5.69 Å². The molecule has 1 aromatic carbocycles. The molecular weight excluding hydrogens is 360 g/mol. The van der Waals surface area contributed by atoms with Crippen LogP contribution in [0, 0.1) is 0 Å². The van der Waals surface area contributed by atoms with Crippen LogP contribution in [0.2, 0.25) is 0 Å². The van der Waals surface area contributed by atoms with Gasteiger partial charge in [0.2, 0.25) is 11.8 Å². The van der Waals surface area contributed by atoms with Gasteiger partial charge < -0.3 is 10.1 Å². The van der Waals surface area contributed by atoms with E-state index < -0.39 is 11.9 Å². The minimum atomic E-state index is -0.657. The Morgan fingerprint density at radius 3 is 2.68 bits per heavy atom. The molecular formula is C20H26N4O4. The molecule has 2 aromatic rings. The molecule has 1 unspecified atom stereocenters. The fourth-order valence-corrected chi connectivity index (χ4v) is 4.25. The number of aromatic nitrogens is 2. The summed E-state index contributed by atoms with van der Waals surface area (Å²) < 4.78 is 9.14. The molecule has 2 fully saturated rings. The number of carbonyl (C=O) groups excluding carboxylic acids is 2. The van der Waals surface area contributed by atoms with Gasteiger partial charge in [0.15, 0.2) is 0 Å². The molecule has 0 radical (unpaired) electrons. The highest BCUT2D eigenvalue weighted by molar-refractivity contribution is 6.00. The summed E-state index contributed by atoms with van der Waals surface area (Å²) in [4.78, 5) is 36.7. The van der Waals surface area contributed by atoms with Crippen LogP contribution in [-0.2, 0) is 27.8 Å². The number of hydrogen-bond acceptors (Lipinski definition) is 5. The van der Waals surface area contributed by atoms with Gasteiger partial charge in [0.25, 0.3) is 0 Å². The molecule has 4 rings (SSSR count). The molecule has 1 atom stereocenters. The van der Waals surface area contributed by atoms with Crippen molar-refractivity contribution in [3.63, 3.8) is 0 Å². The first-order valence-corrected chi connectivity index (χ1v) is 9.91. The first-order valence-electron chi connectivity index (χ1n) is 9.91. The molecule has 1 aromatic heterocycles. The van der Waals surface area contributed by atoms with Crippen LogP contribution in [0.4, 0.5) is 0 Å². The smallest absolute Gasteiger partial charge is 0.329 e. The summed E-state index contributed by atoms with van der Waals surface area (Å²) in [5.41, 5.74) is 2.33. The maximum atomic E-state index is 12.9. The zero-order valence-electron chi connectivity index (χ0n) is 16.1. The maximum Gasteiger partial charge on any atom is 0.329 e. The SMILES string of the molecule is Cn1c(=O)n(C2CCC(=O)NC2=O)c2cccc(CCOC3CCNCC3)c21. The predicted octanol–water partition coefficient (Wildman–Crippen LogP) is 0.629. The Balaban J connectivity index is 1.60. The molecule has 0 aliphatic carbocycles. The lowest BCUT2D eigenvalue weighted by atomic mass is 10.1. The number of carbonyl (C=O) groups is 2. The Hall–Kier alpha value is -2.45. The van der Waals surface area contributed by atoms with E-state index in [0.29, 0.717) is 19.4 Å². The van der Waals surface area contributed by atoms with Crippen molar-refractivity contribution in [2.75, 3.05) is 19.7 Å². The lowest BCUT2D eigenvalue weighted by molar-refractivity contribution is -0.135. The van der Waals surface area contributed by atoms with Gasteiger partial charge in [0.05, 0.1) is 23.7 Å². The number of rotatable bonds is 5. The van der Waals surface area contributed by atoms with Crippen molar-refractivity contribution < 1.29 is 14.3 Å². The van der Waals surface area contributed by atoms with E-state index in [1.165, 1.54) is 4.57 Å². The summed E-state index contributed by atoms with van der Waals surface area (Å²) in [6.07, 6.45) is 3.62. The van der Waals surface area contributed by atoms with E-state index in [0.717, 1.165) is 42.5 Å². The largest absolute Gasteiger partial charge is 0.378 e. The van der Waals surface area contributed by atoms with E-state index in [1.54, 1.807) is 11.6 Å². The number of imidazole rings is 1. The Bertz CT molecular complexity index is 955. The number of para-hydroxylation sites is 1. The zero-order valence-corrected chi connectivity index (χ0v) is 16.1. The number of piperidine rings is 2. The molecule has 0 bridgehead atoms. The Labute approximate surface area is 162 Å². The predicted molar refractivity (Wildman–Crippen MR) is 104 cm³/mol. The Morgan fingerprint density at radius 1 is 1.14 bits per heavy atom. The van der Waals surface area contributed by atoms with Crippen molar-refractivity contribution in [3.8, 4) is 0 Å². The number of hydrogen-bond donors (Lipinski definition) is 2. The summed E-state index contributed by atoms with van der Waals surface area (Å²) in [6, 6.07) is 5.11. The third-order valence-electron chi connectivity index (χ3n) is 5.72. The molecule has 8 nitrogen and oxygen atoms in total. The molecule has 0 spiro atoms. The summed E-state index contributed by atoms with van der Waals surface area (Å²) in [5.74, 6) is -0.698. The number of benzene rings is 1. The summed E-state index contributed by atoms with van der Waals surface area (Å²) >= 11 is 0. The molecule has 2 amide bonds.